The largest absolute Gasteiger partial charge is 0.394 e. The zero-order valence-electron chi connectivity index (χ0n) is 12.9. The Balaban J connectivity index is 2.44. The Morgan fingerprint density at radius 1 is 1.32 bits per heavy atom. The Morgan fingerprint density at radius 3 is 2.68 bits per heavy atom. The van der Waals surface area contributed by atoms with Gasteiger partial charge in [-0.15, -0.1) is 0 Å². The molecule has 0 aliphatic heterocycles. The highest BCUT2D eigenvalue weighted by molar-refractivity contribution is 9.10. The van der Waals surface area contributed by atoms with Gasteiger partial charge >= 0.3 is 0 Å². The maximum Gasteiger partial charge on any atom is 0.277 e. The van der Waals surface area contributed by atoms with Crippen molar-refractivity contribution in [3.05, 3.63) is 51.4 Å². The number of carbonyl (C=O) groups is 1. The lowest BCUT2D eigenvalue weighted by Gasteiger charge is -2.15. The normalized spacial score (nSPS) is 10.6. The number of aromatic nitrogens is 1. The predicted octanol–water partition coefficient (Wildman–Crippen LogP) is 2.97. The van der Waals surface area contributed by atoms with Crippen LogP contribution in [0.3, 0.4) is 0 Å². The third kappa shape index (κ3) is 4.47. The van der Waals surface area contributed by atoms with E-state index in [1.165, 1.54) is 6.20 Å². The quantitative estimate of drug-likeness (QED) is 0.380. The van der Waals surface area contributed by atoms with Crippen molar-refractivity contribution in [2.45, 2.75) is 6.92 Å². The second-order valence-electron chi connectivity index (χ2n) is 4.86. The number of hydrogen-bond acceptors (Lipinski definition) is 5. The molecule has 0 aliphatic rings. The van der Waals surface area contributed by atoms with E-state index in [0.717, 1.165) is 0 Å². The molecule has 0 unspecified atom stereocenters. The van der Waals surface area contributed by atoms with Crippen molar-refractivity contribution >= 4 is 33.3 Å². The number of halogens is 4. The molecule has 134 valence electrons. The fourth-order valence-corrected chi connectivity index (χ4v) is 2.35. The van der Waals surface area contributed by atoms with E-state index in [2.05, 4.69) is 31.1 Å². The van der Waals surface area contributed by atoms with Crippen LogP contribution in [0.25, 0.3) is 0 Å². The van der Waals surface area contributed by atoms with E-state index < -0.39 is 34.6 Å². The summed E-state index contributed by atoms with van der Waals surface area (Å²) in [5.74, 6) is -5.71. The lowest BCUT2D eigenvalue weighted by atomic mass is 10.1. The minimum atomic E-state index is -1.73. The van der Waals surface area contributed by atoms with Crippen LogP contribution in [0.4, 0.5) is 24.7 Å². The van der Waals surface area contributed by atoms with E-state index in [1.54, 1.807) is 13.0 Å². The summed E-state index contributed by atoms with van der Waals surface area (Å²) in [5.41, 5.74) is 1.35. The molecule has 1 aromatic carbocycles. The third-order valence-electron chi connectivity index (χ3n) is 3.05. The highest BCUT2D eigenvalue weighted by Crippen LogP contribution is 2.29. The minimum absolute atomic E-state index is 0.151. The van der Waals surface area contributed by atoms with Gasteiger partial charge in [0.1, 0.15) is 5.82 Å². The van der Waals surface area contributed by atoms with E-state index in [1.807, 2.05) is 5.48 Å². The number of rotatable bonds is 6. The van der Waals surface area contributed by atoms with Gasteiger partial charge < -0.3 is 10.4 Å². The second-order valence-corrected chi connectivity index (χ2v) is 5.77. The molecule has 0 aliphatic carbocycles. The number of hydroxylamine groups is 1. The number of aliphatic hydroxyl groups excluding tert-OH is 1. The molecule has 0 atom stereocenters. The Labute approximate surface area is 149 Å². The van der Waals surface area contributed by atoms with Gasteiger partial charge in [-0.25, -0.2) is 23.6 Å². The monoisotopic (exact) mass is 419 g/mol. The van der Waals surface area contributed by atoms with Crippen LogP contribution in [0.2, 0.25) is 0 Å². The first-order valence-corrected chi connectivity index (χ1v) is 7.74. The van der Waals surface area contributed by atoms with Crippen LogP contribution in [0.5, 0.6) is 0 Å². The van der Waals surface area contributed by atoms with Crippen LogP contribution in [0.15, 0.2) is 22.8 Å². The molecule has 0 saturated carbocycles. The van der Waals surface area contributed by atoms with Gasteiger partial charge in [0.15, 0.2) is 17.5 Å². The maximum absolute atomic E-state index is 14.2. The summed E-state index contributed by atoms with van der Waals surface area (Å²) < 4.78 is 42.0. The van der Waals surface area contributed by atoms with Gasteiger partial charge in [0.25, 0.3) is 5.91 Å². The molecule has 10 heteroatoms. The second kappa shape index (κ2) is 8.28. The van der Waals surface area contributed by atoms with E-state index >= 15 is 0 Å². The molecule has 6 nitrogen and oxygen atoms in total. The van der Waals surface area contributed by atoms with Crippen LogP contribution < -0.4 is 10.8 Å². The lowest BCUT2D eigenvalue weighted by Crippen LogP contribution is -2.26. The third-order valence-corrected chi connectivity index (χ3v) is 3.49. The molecule has 25 heavy (non-hydrogen) atoms. The summed E-state index contributed by atoms with van der Waals surface area (Å²) in [6.45, 7) is 1.05. The van der Waals surface area contributed by atoms with E-state index in [0.29, 0.717) is 16.1 Å². The predicted molar refractivity (Wildman–Crippen MR) is 86.8 cm³/mol. The van der Waals surface area contributed by atoms with Gasteiger partial charge in [0.2, 0.25) is 0 Å². The summed E-state index contributed by atoms with van der Waals surface area (Å²) in [7, 11) is 0. The van der Waals surface area contributed by atoms with Gasteiger partial charge in [-0.3, -0.25) is 9.63 Å². The average molecular weight is 420 g/mol. The molecule has 0 fully saturated rings. The smallest absolute Gasteiger partial charge is 0.277 e. The molecular weight excluding hydrogens is 407 g/mol. The standard InChI is InChI=1S/C15H13BrF3N3O3/c1-7-4-8(16)6-20-14(7)21-13-9(15(24)22-25-3-2-23)5-10(17)11(18)12(13)19/h4-6,23H,2-3H2,1H3,(H,20,21)(H,22,24). The number of carbonyl (C=O) groups excluding carboxylic acids is 1. The first-order valence-electron chi connectivity index (χ1n) is 6.94. The molecular formula is C15H13BrF3N3O3. The fourth-order valence-electron chi connectivity index (χ4n) is 1.90. The van der Waals surface area contributed by atoms with Crippen molar-refractivity contribution in [1.82, 2.24) is 10.5 Å². The van der Waals surface area contributed by atoms with Crippen LogP contribution in [0, 0.1) is 24.4 Å². The SMILES string of the molecule is Cc1cc(Br)cnc1Nc1c(C(=O)NOCCO)cc(F)c(F)c1F. The van der Waals surface area contributed by atoms with Crippen LogP contribution in [-0.4, -0.2) is 29.2 Å². The zero-order chi connectivity index (χ0) is 18.6. The Morgan fingerprint density at radius 2 is 2.04 bits per heavy atom. The number of nitrogens with one attached hydrogen (secondary N) is 2. The van der Waals surface area contributed by atoms with E-state index in [4.69, 9.17) is 5.11 Å². The first kappa shape index (κ1) is 19.2. The summed E-state index contributed by atoms with van der Waals surface area (Å²) in [4.78, 5) is 20.7. The number of hydrogen-bond donors (Lipinski definition) is 3. The number of anilines is 2. The van der Waals surface area contributed by atoms with Crippen molar-refractivity contribution in [2.24, 2.45) is 0 Å². The molecule has 0 bridgehead atoms. The summed E-state index contributed by atoms with van der Waals surface area (Å²) in [6, 6.07) is 2.20. The maximum atomic E-state index is 14.2. The highest BCUT2D eigenvalue weighted by atomic mass is 79.9. The van der Waals surface area contributed by atoms with Crippen LogP contribution >= 0.6 is 15.9 Å². The number of aryl methyl sites for hydroxylation is 1. The molecule has 0 spiro atoms. The van der Waals surface area contributed by atoms with Crippen molar-refractivity contribution < 1.29 is 27.9 Å². The molecule has 2 rings (SSSR count). The molecule has 1 amide bonds. The van der Waals surface area contributed by atoms with E-state index in [-0.39, 0.29) is 19.0 Å². The van der Waals surface area contributed by atoms with Crippen molar-refractivity contribution in [1.29, 1.82) is 0 Å². The molecule has 2 aromatic rings. The Kier molecular flexibility index (Phi) is 6.34. The minimum Gasteiger partial charge on any atom is -0.394 e. The number of amides is 1. The Hall–Kier alpha value is -2.17. The van der Waals surface area contributed by atoms with Crippen molar-refractivity contribution in [2.75, 3.05) is 18.5 Å². The molecule has 1 heterocycles. The van der Waals surface area contributed by atoms with Gasteiger partial charge in [0.05, 0.1) is 24.5 Å². The number of pyridine rings is 1. The molecule has 3 N–H and O–H groups in total. The van der Waals surface area contributed by atoms with E-state index in [9.17, 15) is 18.0 Å². The fraction of sp³-hybridized carbons (Fsp3) is 0.200. The summed E-state index contributed by atoms with van der Waals surface area (Å²) >= 11 is 3.22. The van der Waals surface area contributed by atoms with Crippen molar-refractivity contribution in [3.8, 4) is 0 Å². The van der Waals surface area contributed by atoms with Crippen molar-refractivity contribution in [3.63, 3.8) is 0 Å². The molecule has 0 radical (unpaired) electrons. The first-order chi connectivity index (χ1) is 11.8. The number of benzene rings is 1. The van der Waals surface area contributed by atoms with Gasteiger partial charge in [0, 0.05) is 10.7 Å². The average Bonchev–Trinajstić information content (AvgIpc) is 2.57. The Bertz CT molecular complexity index is 805. The molecule has 0 saturated heterocycles. The molecule has 1 aromatic heterocycles. The zero-order valence-corrected chi connectivity index (χ0v) is 14.5. The highest BCUT2D eigenvalue weighted by Gasteiger charge is 2.24. The number of nitrogens with zero attached hydrogens (tertiary/aromatic N) is 1. The lowest BCUT2D eigenvalue weighted by molar-refractivity contribution is 0.0168. The topological polar surface area (TPSA) is 83.5 Å². The number of aliphatic hydroxyl groups is 1. The van der Waals surface area contributed by atoms with Gasteiger partial charge in [-0.05, 0) is 40.5 Å². The summed E-state index contributed by atoms with van der Waals surface area (Å²) in [5, 5.41) is 11.1. The van der Waals surface area contributed by atoms with Gasteiger partial charge in [-0.1, -0.05) is 0 Å². The summed E-state index contributed by atoms with van der Waals surface area (Å²) in [6.07, 6.45) is 1.41. The van der Waals surface area contributed by atoms with Gasteiger partial charge in [-0.2, -0.15) is 0 Å². The van der Waals surface area contributed by atoms with Crippen LogP contribution in [-0.2, 0) is 4.84 Å². The van der Waals surface area contributed by atoms with Crippen LogP contribution in [0.1, 0.15) is 15.9 Å².